The van der Waals surface area contributed by atoms with Gasteiger partial charge in [0.2, 0.25) is 5.91 Å². The topological polar surface area (TPSA) is 92.5 Å². The summed E-state index contributed by atoms with van der Waals surface area (Å²) >= 11 is 1.29. The minimum absolute atomic E-state index is 0.0257. The number of nitro benzene ring substituents is 1. The molecule has 0 bridgehead atoms. The molecule has 6 nitrogen and oxygen atoms in total. The Kier molecular flexibility index (Phi) is 5.60. The molecule has 0 aliphatic heterocycles. The summed E-state index contributed by atoms with van der Waals surface area (Å²) in [5.41, 5.74) is 0.0257. The minimum atomic E-state index is -0.468. The predicted molar refractivity (Wildman–Crippen MR) is 68.5 cm³/mol. The Morgan fingerprint density at radius 3 is 2.61 bits per heavy atom. The highest BCUT2D eigenvalue weighted by atomic mass is 32.2. The molecule has 0 aromatic heterocycles. The van der Waals surface area contributed by atoms with E-state index in [2.05, 4.69) is 5.32 Å². The Hall–Kier alpha value is -1.60. The number of thioether (sulfide) groups is 1. The number of hydrogen-bond donors (Lipinski definition) is 2. The van der Waals surface area contributed by atoms with Crippen LogP contribution < -0.4 is 5.32 Å². The lowest BCUT2D eigenvalue weighted by Crippen LogP contribution is -2.36. The maximum absolute atomic E-state index is 11.4. The quantitative estimate of drug-likeness (QED) is 0.460. The van der Waals surface area contributed by atoms with E-state index in [1.165, 1.54) is 23.9 Å². The Labute approximate surface area is 109 Å². The summed E-state index contributed by atoms with van der Waals surface area (Å²) in [5, 5.41) is 21.8. The number of non-ortho nitro benzene ring substituents is 1. The first kappa shape index (κ1) is 14.5. The van der Waals surface area contributed by atoms with Gasteiger partial charge >= 0.3 is 0 Å². The van der Waals surface area contributed by atoms with E-state index in [0.29, 0.717) is 0 Å². The maximum atomic E-state index is 11.4. The van der Waals surface area contributed by atoms with Crippen molar-refractivity contribution in [2.75, 3.05) is 12.4 Å². The normalized spacial score (nSPS) is 11.9. The Bertz CT molecular complexity index is 422. The van der Waals surface area contributed by atoms with E-state index in [0.717, 1.165) is 4.90 Å². The van der Waals surface area contributed by atoms with Crippen LogP contribution in [0.25, 0.3) is 0 Å². The maximum Gasteiger partial charge on any atom is 0.269 e. The van der Waals surface area contributed by atoms with Crippen LogP contribution >= 0.6 is 11.8 Å². The van der Waals surface area contributed by atoms with Crippen molar-refractivity contribution in [3.05, 3.63) is 34.4 Å². The van der Waals surface area contributed by atoms with Gasteiger partial charge in [0.15, 0.2) is 0 Å². The summed E-state index contributed by atoms with van der Waals surface area (Å²) < 4.78 is 0. The highest BCUT2D eigenvalue weighted by Gasteiger charge is 2.08. The number of carbonyl (C=O) groups excluding carboxylic acids is 1. The van der Waals surface area contributed by atoms with E-state index < -0.39 is 4.92 Å². The molecule has 7 heteroatoms. The first-order valence-electron chi connectivity index (χ1n) is 5.30. The zero-order valence-corrected chi connectivity index (χ0v) is 10.6. The van der Waals surface area contributed by atoms with Gasteiger partial charge in [-0.05, 0) is 19.1 Å². The van der Waals surface area contributed by atoms with Gasteiger partial charge in [-0.15, -0.1) is 11.8 Å². The number of amides is 1. The summed E-state index contributed by atoms with van der Waals surface area (Å²) in [6.45, 7) is 1.60. The van der Waals surface area contributed by atoms with Crippen LogP contribution in [0.2, 0.25) is 0 Å². The molecule has 1 aromatic carbocycles. The van der Waals surface area contributed by atoms with Crippen molar-refractivity contribution in [2.24, 2.45) is 0 Å². The molecule has 1 atom stereocenters. The molecule has 18 heavy (non-hydrogen) atoms. The largest absolute Gasteiger partial charge is 0.394 e. The average Bonchev–Trinajstić information content (AvgIpc) is 2.36. The first-order chi connectivity index (χ1) is 8.52. The molecule has 2 N–H and O–H groups in total. The highest BCUT2D eigenvalue weighted by molar-refractivity contribution is 8.00. The molecule has 0 saturated heterocycles. The van der Waals surface area contributed by atoms with Gasteiger partial charge in [-0.25, -0.2) is 0 Å². The molecular weight excluding hydrogens is 256 g/mol. The van der Waals surface area contributed by atoms with Crippen LogP contribution in [-0.4, -0.2) is 34.3 Å². The van der Waals surface area contributed by atoms with Gasteiger partial charge in [-0.1, -0.05) is 0 Å². The van der Waals surface area contributed by atoms with Gasteiger partial charge in [0, 0.05) is 23.1 Å². The molecule has 0 aliphatic carbocycles. The SMILES string of the molecule is CC(CO)NC(=O)CSc1ccc([N+](=O)[O-])cc1. The van der Waals surface area contributed by atoms with Crippen LogP contribution in [0.4, 0.5) is 5.69 Å². The molecule has 0 heterocycles. The molecule has 1 aromatic rings. The Morgan fingerprint density at radius 2 is 2.11 bits per heavy atom. The summed E-state index contributed by atoms with van der Waals surface area (Å²) in [6.07, 6.45) is 0. The zero-order chi connectivity index (χ0) is 13.5. The van der Waals surface area contributed by atoms with Gasteiger partial charge in [-0.3, -0.25) is 14.9 Å². The third-order valence-electron chi connectivity index (χ3n) is 2.10. The number of carbonyl (C=O) groups is 1. The number of nitrogens with zero attached hydrogens (tertiary/aromatic N) is 1. The Balaban J connectivity index is 2.44. The van der Waals surface area contributed by atoms with Gasteiger partial charge in [0.05, 0.1) is 17.3 Å². The fourth-order valence-corrected chi connectivity index (χ4v) is 1.88. The summed E-state index contributed by atoms with van der Waals surface area (Å²) in [6, 6.07) is 5.74. The lowest BCUT2D eigenvalue weighted by Gasteiger charge is -2.10. The van der Waals surface area contributed by atoms with Gasteiger partial charge < -0.3 is 10.4 Å². The standard InChI is InChI=1S/C11H14N2O4S/c1-8(6-14)12-11(15)7-18-10-4-2-9(3-5-10)13(16)17/h2-5,8,14H,6-7H2,1H3,(H,12,15). The smallest absolute Gasteiger partial charge is 0.269 e. The highest BCUT2D eigenvalue weighted by Crippen LogP contribution is 2.20. The third kappa shape index (κ3) is 4.72. The number of hydrogen-bond acceptors (Lipinski definition) is 5. The van der Waals surface area contributed by atoms with Crippen molar-refractivity contribution < 1.29 is 14.8 Å². The van der Waals surface area contributed by atoms with Gasteiger partial charge in [0.1, 0.15) is 0 Å². The molecule has 1 rings (SSSR count). The van der Waals surface area contributed by atoms with Crippen LogP contribution in [0.5, 0.6) is 0 Å². The number of aliphatic hydroxyl groups is 1. The number of benzene rings is 1. The molecule has 1 amide bonds. The van der Waals surface area contributed by atoms with E-state index in [1.54, 1.807) is 19.1 Å². The van der Waals surface area contributed by atoms with Crippen molar-refractivity contribution in [2.45, 2.75) is 17.9 Å². The van der Waals surface area contributed by atoms with E-state index in [-0.39, 0.29) is 30.0 Å². The minimum Gasteiger partial charge on any atom is -0.394 e. The van der Waals surface area contributed by atoms with Gasteiger partial charge in [0.25, 0.3) is 5.69 Å². The van der Waals surface area contributed by atoms with E-state index >= 15 is 0 Å². The van der Waals surface area contributed by atoms with Crippen LogP contribution in [0.1, 0.15) is 6.92 Å². The second-order valence-electron chi connectivity index (χ2n) is 3.69. The molecule has 0 fully saturated rings. The van der Waals surface area contributed by atoms with Crippen molar-refractivity contribution in [3.8, 4) is 0 Å². The average molecular weight is 270 g/mol. The van der Waals surface area contributed by atoms with Crippen LogP contribution in [0.15, 0.2) is 29.2 Å². The van der Waals surface area contributed by atoms with E-state index in [4.69, 9.17) is 5.11 Å². The predicted octanol–water partition coefficient (Wildman–Crippen LogP) is 1.18. The van der Waals surface area contributed by atoms with Crippen molar-refractivity contribution in [3.63, 3.8) is 0 Å². The molecule has 98 valence electrons. The summed E-state index contributed by atoms with van der Waals surface area (Å²) in [7, 11) is 0. The number of aliphatic hydroxyl groups excluding tert-OH is 1. The van der Waals surface area contributed by atoms with Crippen LogP contribution in [0, 0.1) is 10.1 Å². The molecule has 0 saturated carbocycles. The monoisotopic (exact) mass is 270 g/mol. The van der Waals surface area contributed by atoms with Crippen LogP contribution in [0.3, 0.4) is 0 Å². The van der Waals surface area contributed by atoms with Crippen molar-refractivity contribution in [1.29, 1.82) is 0 Å². The lowest BCUT2D eigenvalue weighted by molar-refractivity contribution is -0.384. The molecule has 0 aliphatic rings. The third-order valence-corrected chi connectivity index (χ3v) is 3.11. The van der Waals surface area contributed by atoms with Crippen molar-refractivity contribution >= 4 is 23.4 Å². The number of nitro groups is 1. The molecule has 1 unspecified atom stereocenters. The molecule has 0 radical (unpaired) electrons. The number of rotatable bonds is 6. The fraction of sp³-hybridized carbons (Fsp3) is 0.364. The fourth-order valence-electron chi connectivity index (χ4n) is 1.18. The van der Waals surface area contributed by atoms with E-state index in [9.17, 15) is 14.9 Å². The van der Waals surface area contributed by atoms with Crippen LogP contribution in [-0.2, 0) is 4.79 Å². The van der Waals surface area contributed by atoms with Crippen molar-refractivity contribution in [1.82, 2.24) is 5.32 Å². The molecule has 0 spiro atoms. The molecular formula is C11H14N2O4S. The Morgan fingerprint density at radius 1 is 1.50 bits per heavy atom. The lowest BCUT2D eigenvalue weighted by atomic mass is 10.3. The summed E-state index contributed by atoms with van der Waals surface area (Å²) in [5.74, 6) is 0.0298. The zero-order valence-electron chi connectivity index (χ0n) is 9.83. The second-order valence-corrected chi connectivity index (χ2v) is 4.74. The van der Waals surface area contributed by atoms with E-state index in [1.807, 2.05) is 0 Å². The number of nitrogens with one attached hydrogen (secondary N) is 1. The van der Waals surface area contributed by atoms with Gasteiger partial charge in [-0.2, -0.15) is 0 Å². The second kappa shape index (κ2) is 6.97. The summed E-state index contributed by atoms with van der Waals surface area (Å²) in [4.78, 5) is 22.2. The first-order valence-corrected chi connectivity index (χ1v) is 6.29.